The van der Waals surface area contributed by atoms with Crippen LogP contribution < -0.4 is 10.6 Å². The molecule has 10 nitrogen and oxygen atoms in total. The van der Waals surface area contributed by atoms with Crippen molar-refractivity contribution in [2.45, 2.75) is 20.1 Å². The molecule has 0 saturated carbocycles. The summed E-state index contributed by atoms with van der Waals surface area (Å²) in [7, 11) is -3.86. The maximum absolute atomic E-state index is 13.5. The molecule has 0 fully saturated rings. The number of aromatic nitrogens is 4. The van der Waals surface area contributed by atoms with Gasteiger partial charge in [0.25, 0.3) is 0 Å². The number of hydrogen-bond acceptors (Lipinski definition) is 8. The summed E-state index contributed by atoms with van der Waals surface area (Å²) in [6.45, 7) is 0. The molecule has 43 heavy (non-hydrogen) atoms. The second-order valence-electron chi connectivity index (χ2n) is 9.72. The van der Waals surface area contributed by atoms with Gasteiger partial charge in [-0.3, -0.25) is 9.59 Å². The van der Waals surface area contributed by atoms with Crippen LogP contribution in [0.5, 0.6) is 0 Å². The molecular weight excluding hydrogens is 605 g/mol. The predicted octanol–water partition coefficient (Wildman–Crippen LogP) is 5.71. The fourth-order valence-corrected chi connectivity index (χ4v) is 7.97. The smallest absolute Gasteiger partial charge is 0.234 e. The quantitative estimate of drug-likeness (QED) is 0.157. The highest BCUT2D eigenvalue weighted by Crippen LogP contribution is 2.45. The number of benzene rings is 4. The number of amides is 2. The largest absolute Gasteiger partial charge is 0.333 e. The topological polar surface area (TPSA) is 150 Å². The molecule has 13 heteroatoms. The van der Waals surface area contributed by atoms with Gasteiger partial charge in [-0.2, -0.15) is 0 Å². The molecule has 3 heterocycles. The van der Waals surface area contributed by atoms with Crippen LogP contribution in [0.2, 0.25) is 0 Å². The van der Waals surface area contributed by atoms with E-state index in [1.54, 1.807) is 24.3 Å². The van der Waals surface area contributed by atoms with E-state index in [0.29, 0.717) is 32.8 Å². The fraction of sp³-hybridized carbons (Fsp3) is 0.0667. The Kier molecular flexibility index (Phi) is 6.92. The van der Waals surface area contributed by atoms with Crippen LogP contribution in [0.4, 0.5) is 11.4 Å². The lowest BCUT2D eigenvalue weighted by Gasteiger charge is -2.07. The van der Waals surface area contributed by atoms with Gasteiger partial charge < -0.3 is 20.6 Å². The number of nitrogens with zero attached hydrogens (tertiary/aromatic N) is 2. The van der Waals surface area contributed by atoms with Crippen molar-refractivity contribution in [2.75, 3.05) is 22.1 Å². The number of para-hydroxylation sites is 4. The van der Waals surface area contributed by atoms with Crippen molar-refractivity contribution in [3.63, 3.8) is 0 Å². The third-order valence-electron chi connectivity index (χ3n) is 6.82. The summed E-state index contributed by atoms with van der Waals surface area (Å²) in [6, 6.07) is 24.9. The number of imidazole rings is 2. The van der Waals surface area contributed by atoms with Crippen molar-refractivity contribution in [3.8, 4) is 11.1 Å². The zero-order chi connectivity index (χ0) is 29.6. The Bertz CT molecular complexity index is 1960. The van der Waals surface area contributed by atoms with Crippen molar-refractivity contribution in [1.29, 1.82) is 0 Å². The van der Waals surface area contributed by atoms with Gasteiger partial charge in [-0.05, 0) is 48.5 Å². The minimum absolute atomic E-state index is 0.0988. The van der Waals surface area contributed by atoms with E-state index >= 15 is 0 Å². The summed E-state index contributed by atoms with van der Waals surface area (Å²) in [5.41, 5.74) is 5.25. The van der Waals surface area contributed by atoms with Gasteiger partial charge in [-0.1, -0.05) is 59.9 Å². The first-order valence-corrected chi connectivity index (χ1v) is 16.6. The van der Waals surface area contributed by atoms with Crippen LogP contribution in [0.1, 0.15) is 0 Å². The molecule has 0 unspecified atom stereocenters. The van der Waals surface area contributed by atoms with Crippen LogP contribution in [0.25, 0.3) is 33.2 Å². The minimum atomic E-state index is -3.86. The van der Waals surface area contributed by atoms with E-state index in [9.17, 15) is 18.0 Å². The molecule has 2 amide bonds. The molecule has 0 spiro atoms. The monoisotopic (exact) mass is 626 g/mol. The van der Waals surface area contributed by atoms with E-state index in [1.165, 1.54) is 35.7 Å². The second kappa shape index (κ2) is 10.9. The molecule has 6 aromatic rings. The van der Waals surface area contributed by atoms with Crippen molar-refractivity contribution in [3.05, 3.63) is 84.9 Å². The van der Waals surface area contributed by atoms with E-state index in [4.69, 9.17) is 0 Å². The number of carbonyl (C=O) groups excluding carboxylic acids is 2. The minimum Gasteiger partial charge on any atom is -0.333 e. The van der Waals surface area contributed by atoms with Gasteiger partial charge in [-0.15, -0.1) is 0 Å². The lowest BCUT2D eigenvalue weighted by atomic mass is 10.0. The maximum Gasteiger partial charge on any atom is 0.234 e. The fourth-order valence-electron chi connectivity index (χ4n) is 4.87. The molecule has 214 valence electrons. The summed E-state index contributed by atoms with van der Waals surface area (Å²) in [6.07, 6.45) is 0. The van der Waals surface area contributed by atoms with Crippen LogP contribution in [0.3, 0.4) is 0 Å². The highest BCUT2D eigenvalue weighted by molar-refractivity contribution is 8.00. The molecule has 0 radical (unpaired) electrons. The van der Waals surface area contributed by atoms with Crippen molar-refractivity contribution >= 4 is 78.6 Å². The highest BCUT2D eigenvalue weighted by Gasteiger charge is 2.33. The average Bonchev–Trinajstić information content (AvgIpc) is 3.68. The number of fused-ring (bicyclic) bond motifs is 5. The lowest BCUT2D eigenvalue weighted by molar-refractivity contribution is -0.114. The maximum atomic E-state index is 13.5. The Morgan fingerprint density at radius 2 is 1.09 bits per heavy atom. The van der Waals surface area contributed by atoms with Crippen molar-refractivity contribution < 1.29 is 18.0 Å². The normalized spacial score (nSPS) is 13.1. The van der Waals surface area contributed by atoms with Crippen LogP contribution >= 0.6 is 23.5 Å². The number of rotatable bonds is 8. The molecule has 4 N–H and O–H groups in total. The lowest BCUT2D eigenvalue weighted by Crippen LogP contribution is -2.14. The van der Waals surface area contributed by atoms with Crippen LogP contribution in [0.15, 0.2) is 105 Å². The number of anilines is 2. The Hall–Kier alpha value is -4.59. The SMILES string of the molecule is O=C(CSc1nc2ccccc2[nH]1)Nc1ccc2c(c1)S(=O)(=O)c1cc(NC(=O)CSc3nc4ccccc4[nH]3)ccc1-2. The number of hydrogen-bond donors (Lipinski definition) is 4. The van der Waals surface area contributed by atoms with Crippen LogP contribution in [-0.2, 0) is 19.4 Å². The Balaban J connectivity index is 1.01. The third kappa shape index (κ3) is 5.38. The van der Waals surface area contributed by atoms with E-state index in [1.807, 2.05) is 48.5 Å². The number of H-pyrrole nitrogens is 2. The number of thioether (sulfide) groups is 2. The zero-order valence-electron chi connectivity index (χ0n) is 22.2. The second-order valence-corrected chi connectivity index (χ2v) is 13.5. The third-order valence-corrected chi connectivity index (χ3v) is 10.4. The first-order chi connectivity index (χ1) is 20.8. The molecule has 4 aromatic carbocycles. The molecular formula is C30H22N6O4S3. The van der Waals surface area contributed by atoms with Gasteiger partial charge in [0.1, 0.15) is 0 Å². The molecule has 0 saturated heterocycles. The van der Waals surface area contributed by atoms with E-state index in [2.05, 4.69) is 30.6 Å². The summed E-state index contributed by atoms with van der Waals surface area (Å²) in [4.78, 5) is 40.7. The molecule has 1 aliphatic heterocycles. The van der Waals surface area contributed by atoms with Gasteiger partial charge >= 0.3 is 0 Å². The number of aromatic amines is 2. The summed E-state index contributed by atoms with van der Waals surface area (Å²) in [5.74, 6) is -0.379. The Morgan fingerprint density at radius 3 is 1.53 bits per heavy atom. The number of nitrogens with one attached hydrogen (secondary N) is 4. The van der Waals surface area contributed by atoms with E-state index in [0.717, 1.165) is 22.1 Å². The molecule has 0 atom stereocenters. The summed E-state index contributed by atoms with van der Waals surface area (Å²) >= 11 is 2.52. The number of sulfone groups is 1. The molecule has 2 aromatic heterocycles. The first kappa shape index (κ1) is 27.3. The van der Waals surface area contributed by atoms with Gasteiger partial charge in [0.15, 0.2) is 10.3 Å². The van der Waals surface area contributed by atoms with E-state index in [-0.39, 0.29) is 33.1 Å². The zero-order valence-corrected chi connectivity index (χ0v) is 24.7. The van der Waals surface area contributed by atoms with Crippen LogP contribution in [0, 0.1) is 0 Å². The van der Waals surface area contributed by atoms with Crippen molar-refractivity contribution in [1.82, 2.24) is 19.9 Å². The standard InChI is InChI=1S/C30H22N6O4S3/c37-27(15-41-29-33-21-5-1-2-6-22(21)34-29)31-17-9-11-19-20-12-10-18(14-26(20)43(39,40)25(19)13-17)32-28(38)16-42-30-35-23-7-3-4-8-24(23)36-30/h1-14H,15-16H2,(H,31,37)(H,32,38)(H,33,34)(H,35,36). The van der Waals surface area contributed by atoms with Gasteiger partial charge in [-0.25, -0.2) is 18.4 Å². The van der Waals surface area contributed by atoms with E-state index < -0.39 is 9.84 Å². The Morgan fingerprint density at radius 1 is 0.651 bits per heavy atom. The molecule has 0 bridgehead atoms. The van der Waals surface area contributed by atoms with Crippen molar-refractivity contribution in [2.24, 2.45) is 0 Å². The number of carbonyl (C=O) groups is 2. The summed E-state index contributed by atoms with van der Waals surface area (Å²) < 4.78 is 27.0. The predicted molar refractivity (Wildman–Crippen MR) is 168 cm³/mol. The Labute approximate surface area is 254 Å². The average molecular weight is 627 g/mol. The van der Waals surface area contributed by atoms with Crippen LogP contribution in [-0.4, -0.2) is 51.7 Å². The highest BCUT2D eigenvalue weighted by atomic mass is 32.2. The first-order valence-electron chi connectivity index (χ1n) is 13.1. The van der Waals surface area contributed by atoms with Gasteiger partial charge in [0, 0.05) is 22.5 Å². The van der Waals surface area contributed by atoms with Gasteiger partial charge in [0.2, 0.25) is 21.7 Å². The molecule has 1 aliphatic rings. The molecule has 7 rings (SSSR count). The van der Waals surface area contributed by atoms with Gasteiger partial charge in [0.05, 0.1) is 43.4 Å². The summed E-state index contributed by atoms with van der Waals surface area (Å²) in [5, 5.41) is 6.81. The molecule has 0 aliphatic carbocycles.